The molecule has 1 saturated carbocycles. The first kappa shape index (κ1) is 17.8. The highest BCUT2D eigenvalue weighted by molar-refractivity contribution is 7.80. The fourth-order valence-electron chi connectivity index (χ4n) is 3.94. The van der Waals surface area contributed by atoms with E-state index in [2.05, 4.69) is 6.08 Å². The van der Waals surface area contributed by atoms with Crippen LogP contribution in [-0.2, 0) is 0 Å². The smallest absolute Gasteiger partial charge is 0.187 e. The molecule has 0 radical (unpaired) electrons. The van der Waals surface area contributed by atoms with Crippen LogP contribution in [0.25, 0.3) is 6.08 Å². The zero-order valence-electron chi connectivity index (χ0n) is 14.6. The maximum absolute atomic E-state index is 13.4. The maximum atomic E-state index is 13.4. The van der Waals surface area contributed by atoms with Crippen molar-refractivity contribution in [2.75, 3.05) is 0 Å². The molecule has 6 heteroatoms. The molecule has 138 valence electrons. The van der Waals surface area contributed by atoms with Crippen molar-refractivity contribution >= 4 is 29.1 Å². The highest BCUT2D eigenvalue weighted by atomic mass is 32.1. The van der Waals surface area contributed by atoms with Crippen molar-refractivity contribution in [3.05, 3.63) is 76.9 Å². The zero-order valence-corrected chi connectivity index (χ0v) is 15.4. The van der Waals surface area contributed by atoms with Gasteiger partial charge in [-0.05, 0) is 78.5 Å². The summed E-state index contributed by atoms with van der Waals surface area (Å²) in [6.45, 7) is 0. The van der Waals surface area contributed by atoms with E-state index in [9.17, 15) is 8.78 Å². The molecule has 4 rings (SSSR count). The summed E-state index contributed by atoms with van der Waals surface area (Å²) in [5, 5.41) is 6.61. The van der Waals surface area contributed by atoms with Crippen LogP contribution >= 0.6 is 12.2 Å². The minimum atomic E-state index is -0.277. The van der Waals surface area contributed by atoms with Crippen molar-refractivity contribution in [2.45, 2.75) is 25.3 Å². The van der Waals surface area contributed by atoms with Crippen molar-refractivity contribution in [2.24, 2.45) is 16.8 Å². The normalized spacial score (nSPS) is 23.3. The van der Waals surface area contributed by atoms with Gasteiger partial charge in [0.1, 0.15) is 11.6 Å². The van der Waals surface area contributed by atoms with E-state index in [0.29, 0.717) is 0 Å². The maximum Gasteiger partial charge on any atom is 0.187 e. The number of hydrogen-bond acceptors (Lipinski definition) is 2. The Balaban J connectivity index is 1.72. The predicted molar refractivity (Wildman–Crippen MR) is 107 cm³/mol. The second-order valence-corrected chi connectivity index (χ2v) is 7.30. The molecule has 2 N–H and O–H groups in total. The second kappa shape index (κ2) is 7.19. The number of allylic oxidation sites excluding steroid dienone is 1. The second-order valence-electron chi connectivity index (χ2n) is 6.88. The molecule has 0 saturated heterocycles. The largest absolute Gasteiger partial charge is 0.375 e. The number of nitrogens with two attached hydrogens (primary N) is 1. The number of nitrogens with zero attached hydrogens (tertiary/aromatic N) is 2. The van der Waals surface area contributed by atoms with E-state index in [1.54, 1.807) is 29.3 Å². The average Bonchev–Trinajstić information content (AvgIpc) is 3.05. The van der Waals surface area contributed by atoms with Gasteiger partial charge in [-0.1, -0.05) is 24.3 Å². The highest BCUT2D eigenvalue weighted by Gasteiger charge is 2.42. The van der Waals surface area contributed by atoms with Gasteiger partial charge >= 0.3 is 0 Å². The minimum Gasteiger partial charge on any atom is -0.375 e. The van der Waals surface area contributed by atoms with Crippen LogP contribution in [0.4, 0.5) is 8.78 Å². The summed E-state index contributed by atoms with van der Waals surface area (Å²) in [5.74, 6) is -0.398. The first-order valence-electron chi connectivity index (χ1n) is 8.92. The molecule has 0 aromatic heterocycles. The molecule has 2 atom stereocenters. The monoisotopic (exact) mass is 383 g/mol. The molecular weight excluding hydrogens is 364 g/mol. The van der Waals surface area contributed by atoms with Gasteiger partial charge in [-0.2, -0.15) is 5.10 Å². The Hall–Kier alpha value is -2.60. The molecule has 2 aliphatic rings. The van der Waals surface area contributed by atoms with Crippen molar-refractivity contribution < 1.29 is 8.78 Å². The number of halogens is 2. The lowest BCUT2D eigenvalue weighted by Crippen LogP contribution is -2.34. The third-order valence-corrected chi connectivity index (χ3v) is 5.34. The molecule has 2 aromatic carbocycles. The Morgan fingerprint density at radius 2 is 1.70 bits per heavy atom. The van der Waals surface area contributed by atoms with Gasteiger partial charge in [-0.3, -0.25) is 0 Å². The van der Waals surface area contributed by atoms with Crippen LogP contribution in [0.3, 0.4) is 0 Å². The van der Waals surface area contributed by atoms with Gasteiger partial charge < -0.3 is 5.73 Å². The lowest BCUT2D eigenvalue weighted by Gasteiger charge is -2.29. The number of fused-ring (bicyclic) bond motifs is 1. The molecule has 0 unspecified atom stereocenters. The summed E-state index contributed by atoms with van der Waals surface area (Å²) >= 11 is 5.22. The molecule has 27 heavy (non-hydrogen) atoms. The highest BCUT2D eigenvalue weighted by Crippen LogP contribution is 2.44. The first-order chi connectivity index (χ1) is 13.0. The standard InChI is InChI=1S/C21H19F2N3S/c22-16-8-4-13(5-9-16)12-15-2-1-3-18-19(15)25-26(21(24)27)20(18)14-6-10-17(23)11-7-14/h4-12,18,20H,1-3H2,(H2,24,27)/b15-12-/t18-,20-/m1/s1. The van der Waals surface area contributed by atoms with Crippen molar-refractivity contribution in [1.82, 2.24) is 5.01 Å². The van der Waals surface area contributed by atoms with Crippen LogP contribution in [0.2, 0.25) is 0 Å². The molecule has 0 amide bonds. The summed E-state index contributed by atoms with van der Waals surface area (Å²) in [5.41, 5.74) is 9.89. The average molecular weight is 383 g/mol. The SMILES string of the molecule is NC(=S)N1N=C2/C(=C\c3ccc(F)cc3)CCC[C@H]2[C@H]1c1ccc(F)cc1. The van der Waals surface area contributed by atoms with Gasteiger partial charge in [0.15, 0.2) is 5.11 Å². The number of benzene rings is 2. The third kappa shape index (κ3) is 3.49. The lowest BCUT2D eigenvalue weighted by atomic mass is 9.77. The van der Waals surface area contributed by atoms with Gasteiger partial charge in [0.25, 0.3) is 0 Å². The quantitative estimate of drug-likeness (QED) is 0.757. The fraction of sp³-hybridized carbons (Fsp3) is 0.238. The summed E-state index contributed by atoms with van der Waals surface area (Å²) in [4.78, 5) is 0. The number of thiocarbonyl (C=S) groups is 1. The van der Waals surface area contributed by atoms with Gasteiger partial charge in [-0.15, -0.1) is 0 Å². The van der Waals surface area contributed by atoms with Crippen molar-refractivity contribution in [1.29, 1.82) is 0 Å². The zero-order chi connectivity index (χ0) is 19.0. The van der Waals surface area contributed by atoms with Gasteiger partial charge in [0, 0.05) is 5.92 Å². The minimum absolute atomic E-state index is 0.130. The molecule has 0 spiro atoms. The summed E-state index contributed by atoms with van der Waals surface area (Å²) in [6, 6.07) is 12.7. The molecule has 1 aliphatic heterocycles. The summed E-state index contributed by atoms with van der Waals surface area (Å²) < 4.78 is 26.5. The van der Waals surface area contributed by atoms with E-state index in [0.717, 1.165) is 41.7 Å². The van der Waals surface area contributed by atoms with Crippen LogP contribution in [0, 0.1) is 17.6 Å². The van der Waals surface area contributed by atoms with E-state index in [1.807, 2.05) is 0 Å². The molecule has 0 bridgehead atoms. The van der Waals surface area contributed by atoms with Crippen LogP contribution in [0.1, 0.15) is 36.4 Å². The summed E-state index contributed by atoms with van der Waals surface area (Å²) in [6.07, 6.45) is 4.92. The topological polar surface area (TPSA) is 41.6 Å². The van der Waals surface area contributed by atoms with Gasteiger partial charge in [0.05, 0.1) is 11.8 Å². The molecule has 1 fully saturated rings. The number of rotatable bonds is 2. The Morgan fingerprint density at radius 1 is 1.07 bits per heavy atom. The Labute approximate surface area is 162 Å². The molecule has 1 aliphatic carbocycles. The Bertz CT molecular complexity index is 919. The predicted octanol–water partition coefficient (Wildman–Crippen LogP) is 4.80. The molecule has 2 aromatic rings. The van der Waals surface area contributed by atoms with Crippen LogP contribution < -0.4 is 5.73 Å². The van der Waals surface area contributed by atoms with E-state index < -0.39 is 0 Å². The van der Waals surface area contributed by atoms with Crippen molar-refractivity contribution in [3.8, 4) is 0 Å². The van der Waals surface area contributed by atoms with Gasteiger partial charge in [-0.25, -0.2) is 13.8 Å². The van der Waals surface area contributed by atoms with E-state index in [1.165, 1.54) is 24.3 Å². The molecule has 1 heterocycles. The third-order valence-electron chi connectivity index (χ3n) is 5.15. The number of hydrazone groups is 1. The summed E-state index contributed by atoms with van der Waals surface area (Å²) in [7, 11) is 0. The van der Waals surface area contributed by atoms with Crippen LogP contribution in [0.5, 0.6) is 0 Å². The van der Waals surface area contributed by atoms with E-state index >= 15 is 0 Å². The van der Waals surface area contributed by atoms with E-state index in [-0.39, 0.29) is 28.7 Å². The first-order valence-corrected chi connectivity index (χ1v) is 9.33. The molecular formula is C21H19F2N3S. The van der Waals surface area contributed by atoms with Crippen molar-refractivity contribution in [3.63, 3.8) is 0 Å². The van der Waals surface area contributed by atoms with Gasteiger partial charge in [0.2, 0.25) is 0 Å². The Kier molecular flexibility index (Phi) is 4.74. The number of hydrogen-bond donors (Lipinski definition) is 1. The molecule has 3 nitrogen and oxygen atoms in total. The van der Waals surface area contributed by atoms with Crippen LogP contribution in [-0.4, -0.2) is 15.8 Å². The Morgan fingerprint density at radius 3 is 2.33 bits per heavy atom. The lowest BCUT2D eigenvalue weighted by molar-refractivity contribution is 0.305. The van der Waals surface area contributed by atoms with Crippen LogP contribution in [0.15, 0.2) is 59.2 Å². The van der Waals surface area contributed by atoms with E-state index in [4.69, 9.17) is 23.1 Å². The fourth-order valence-corrected chi connectivity index (χ4v) is 4.09.